The van der Waals surface area contributed by atoms with Crippen LogP contribution in [0.5, 0.6) is 0 Å². The number of rotatable bonds is 9. The molecule has 2 N–H and O–H groups in total. The molecule has 0 heterocycles. The third-order valence-corrected chi connectivity index (χ3v) is 4.11. The van der Waals surface area contributed by atoms with Gasteiger partial charge in [0.05, 0.1) is 12.3 Å². The molecule has 0 saturated carbocycles. The minimum absolute atomic E-state index is 0.0152. The second kappa shape index (κ2) is 10.2. The van der Waals surface area contributed by atoms with Gasteiger partial charge in [-0.05, 0) is 18.6 Å². The Bertz CT molecular complexity index is 783. The molecule has 9 heteroatoms. The molecular weight excluding hydrogens is 360 g/mol. The van der Waals surface area contributed by atoms with Gasteiger partial charge in [-0.25, -0.2) is 13.2 Å². The Morgan fingerprint density at radius 3 is 2.46 bits per heavy atom. The van der Waals surface area contributed by atoms with Crippen molar-refractivity contribution in [3.05, 3.63) is 35.9 Å². The zero-order chi connectivity index (χ0) is 19.6. The third kappa shape index (κ3) is 8.30. The minimum Gasteiger partial charge on any atom is -0.454 e. The first-order valence-electron chi connectivity index (χ1n) is 7.63. The van der Waals surface area contributed by atoms with Gasteiger partial charge in [-0.1, -0.05) is 24.1 Å². The molecule has 0 bridgehead atoms. The van der Waals surface area contributed by atoms with Gasteiger partial charge in [0.15, 0.2) is 6.61 Å². The van der Waals surface area contributed by atoms with Crippen molar-refractivity contribution in [2.45, 2.75) is 12.5 Å². The lowest BCUT2D eigenvalue weighted by Crippen LogP contribution is -2.44. The molecule has 26 heavy (non-hydrogen) atoms. The summed E-state index contributed by atoms with van der Waals surface area (Å²) in [7, 11) is -3.36. The Kier molecular flexibility index (Phi) is 8.31. The van der Waals surface area contributed by atoms with Crippen LogP contribution in [0, 0.1) is 12.3 Å². The van der Waals surface area contributed by atoms with E-state index in [0.717, 1.165) is 6.26 Å². The first-order valence-corrected chi connectivity index (χ1v) is 9.69. The molecule has 1 rings (SSSR count). The second-order valence-corrected chi connectivity index (χ2v) is 7.66. The predicted molar refractivity (Wildman–Crippen MR) is 94.8 cm³/mol. The fourth-order valence-corrected chi connectivity index (χ4v) is 2.51. The van der Waals surface area contributed by atoms with Gasteiger partial charge < -0.3 is 15.4 Å². The van der Waals surface area contributed by atoms with E-state index in [-0.39, 0.29) is 18.7 Å². The number of esters is 1. The standard InChI is InChI=1S/C17H20N2O6S/c1-3-10-18-15(20)12-25-17(22)14(9-11-26(2,23)24)19-16(21)13-7-5-4-6-8-13/h1,4-8,14H,9-12H2,2H3,(H,18,20)(H,19,21)/t14-/m0/s1. The topological polar surface area (TPSA) is 119 Å². The van der Waals surface area contributed by atoms with Crippen molar-refractivity contribution in [3.8, 4) is 12.3 Å². The lowest BCUT2D eigenvalue weighted by Gasteiger charge is -2.17. The molecular formula is C17H20N2O6S. The Morgan fingerprint density at radius 2 is 1.88 bits per heavy atom. The summed E-state index contributed by atoms with van der Waals surface area (Å²) in [5, 5.41) is 4.74. The van der Waals surface area contributed by atoms with Crippen LogP contribution < -0.4 is 10.6 Å². The lowest BCUT2D eigenvalue weighted by molar-refractivity contribution is -0.150. The fourth-order valence-electron chi connectivity index (χ4n) is 1.85. The maximum absolute atomic E-state index is 12.2. The Balaban J connectivity index is 2.74. The lowest BCUT2D eigenvalue weighted by atomic mass is 10.1. The van der Waals surface area contributed by atoms with E-state index < -0.39 is 40.3 Å². The van der Waals surface area contributed by atoms with Crippen LogP contribution in [0.1, 0.15) is 16.8 Å². The van der Waals surface area contributed by atoms with Gasteiger partial charge >= 0.3 is 5.97 Å². The molecule has 0 aliphatic carbocycles. The molecule has 2 amide bonds. The summed E-state index contributed by atoms with van der Waals surface area (Å²) in [5.41, 5.74) is 0.302. The third-order valence-electron chi connectivity index (χ3n) is 3.14. The van der Waals surface area contributed by atoms with Crippen molar-refractivity contribution < 1.29 is 27.5 Å². The van der Waals surface area contributed by atoms with Crippen molar-refractivity contribution in [3.63, 3.8) is 0 Å². The first kappa shape index (κ1) is 21.2. The highest BCUT2D eigenvalue weighted by Crippen LogP contribution is 2.04. The number of ether oxygens (including phenoxy) is 1. The molecule has 0 saturated heterocycles. The van der Waals surface area contributed by atoms with Crippen molar-refractivity contribution in [1.29, 1.82) is 0 Å². The maximum Gasteiger partial charge on any atom is 0.329 e. The first-order chi connectivity index (χ1) is 12.2. The number of hydrogen-bond acceptors (Lipinski definition) is 6. The molecule has 0 aliphatic heterocycles. The van der Waals surface area contributed by atoms with E-state index in [9.17, 15) is 22.8 Å². The van der Waals surface area contributed by atoms with Crippen molar-refractivity contribution in [2.75, 3.05) is 25.2 Å². The zero-order valence-corrected chi connectivity index (χ0v) is 15.0. The SMILES string of the molecule is C#CCNC(=O)COC(=O)[C@H](CCS(C)(=O)=O)NC(=O)c1ccccc1. The van der Waals surface area contributed by atoms with Crippen LogP contribution in [0.4, 0.5) is 0 Å². The number of nitrogens with one attached hydrogen (secondary N) is 2. The summed E-state index contributed by atoms with van der Waals surface area (Å²) in [4.78, 5) is 35.8. The van der Waals surface area contributed by atoms with E-state index in [4.69, 9.17) is 11.2 Å². The number of amides is 2. The Morgan fingerprint density at radius 1 is 1.23 bits per heavy atom. The van der Waals surface area contributed by atoms with Gasteiger partial charge in [0.25, 0.3) is 11.8 Å². The summed E-state index contributed by atoms with van der Waals surface area (Å²) in [6.07, 6.45) is 5.83. The van der Waals surface area contributed by atoms with Crippen LogP contribution in [0.15, 0.2) is 30.3 Å². The Hall–Kier alpha value is -2.86. The van der Waals surface area contributed by atoms with Crippen LogP contribution in [-0.4, -0.2) is 57.4 Å². The molecule has 0 aliphatic rings. The molecule has 140 valence electrons. The van der Waals surface area contributed by atoms with Crippen LogP contribution in [0.2, 0.25) is 0 Å². The van der Waals surface area contributed by atoms with Crippen LogP contribution in [-0.2, 0) is 24.2 Å². The summed E-state index contributed by atoms with van der Waals surface area (Å²) in [6.45, 7) is -0.601. The van der Waals surface area contributed by atoms with Gasteiger partial charge in [0.2, 0.25) is 0 Å². The summed E-state index contributed by atoms with van der Waals surface area (Å²) in [5.74, 6) is -0.204. The molecule has 1 aromatic carbocycles. The number of sulfone groups is 1. The van der Waals surface area contributed by atoms with Crippen molar-refractivity contribution in [2.24, 2.45) is 0 Å². The Labute approximate surface area is 152 Å². The quantitative estimate of drug-likeness (QED) is 0.441. The van der Waals surface area contributed by atoms with Gasteiger partial charge in [-0.3, -0.25) is 9.59 Å². The van der Waals surface area contributed by atoms with Gasteiger partial charge in [0.1, 0.15) is 15.9 Å². The van der Waals surface area contributed by atoms with Crippen LogP contribution in [0.25, 0.3) is 0 Å². The highest BCUT2D eigenvalue weighted by Gasteiger charge is 2.25. The largest absolute Gasteiger partial charge is 0.454 e. The molecule has 0 unspecified atom stereocenters. The van der Waals surface area contributed by atoms with Gasteiger partial charge in [0, 0.05) is 11.8 Å². The summed E-state index contributed by atoms with van der Waals surface area (Å²) in [6, 6.07) is 6.89. The fraction of sp³-hybridized carbons (Fsp3) is 0.353. The minimum atomic E-state index is -3.36. The van der Waals surface area contributed by atoms with E-state index in [0.29, 0.717) is 5.56 Å². The number of hydrogen-bond donors (Lipinski definition) is 2. The van der Waals surface area contributed by atoms with E-state index in [1.165, 1.54) is 0 Å². The molecule has 8 nitrogen and oxygen atoms in total. The molecule has 0 fully saturated rings. The summed E-state index contributed by atoms with van der Waals surface area (Å²) < 4.78 is 27.5. The summed E-state index contributed by atoms with van der Waals surface area (Å²) >= 11 is 0. The molecule has 0 radical (unpaired) electrons. The zero-order valence-electron chi connectivity index (χ0n) is 14.2. The number of carbonyl (C=O) groups excluding carboxylic acids is 3. The second-order valence-electron chi connectivity index (χ2n) is 5.40. The van der Waals surface area contributed by atoms with Gasteiger partial charge in [-0.2, -0.15) is 0 Å². The van der Waals surface area contributed by atoms with E-state index in [1.54, 1.807) is 30.3 Å². The average Bonchev–Trinajstić information content (AvgIpc) is 2.61. The van der Waals surface area contributed by atoms with E-state index in [1.807, 2.05) is 0 Å². The van der Waals surface area contributed by atoms with Crippen LogP contribution in [0.3, 0.4) is 0 Å². The van der Waals surface area contributed by atoms with Crippen molar-refractivity contribution in [1.82, 2.24) is 10.6 Å². The highest BCUT2D eigenvalue weighted by atomic mass is 32.2. The molecule has 0 spiro atoms. The number of benzene rings is 1. The number of carbonyl (C=O) groups is 3. The molecule has 1 atom stereocenters. The predicted octanol–water partition coefficient (Wildman–Crippen LogP) is -0.488. The molecule has 1 aromatic rings. The normalized spacial score (nSPS) is 11.7. The monoisotopic (exact) mass is 380 g/mol. The van der Waals surface area contributed by atoms with E-state index >= 15 is 0 Å². The van der Waals surface area contributed by atoms with Crippen LogP contribution >= 0.6 is 0 Å². The smallest absolute Gasteiger partial charge is 0.329 e. The van der Waals surface area contributed by atoms with Gasteiger partial charge in [-0.15, -0.1) is 6.42 Å². The van der Waals surface area contributed by atoms with Crippen molar-refractivity contribution >= 4 is 27.6 Å². The average molecular weight is 380 g/mol. The maximum atomic E-state index is 12.2. The highest BCUT2D eigenvalue weighted by molar-refractivity contribution is 7.90. The molecule has 0 aromatic heterocycles. The van der Waals surface area contributed by atoms with E-state index in [2.05, 4.69) is 16.6 Å². The number of terminal acetylenes is 1.